The molecule has 0 aliphatic heterocycles. The van der Waals surface area contributed by atoms with E-state index in [1.807, 2.05) is 18.2 Å². The van der Waals surface area contributed by atoms with Crippen LogP contribution >= 0.6 is 0 Å². The molecule has 0 bridgehead atoms. The Hall–Kier alpha value is -2.40. The van der Waals surface area contributed by atoms with E-state index in [0.29, 0.717) is 18.0 Å². The largest absolute Gasteiger partial charge is 0.483 e. The predicted molar refractivity (Wildman–Crippen MR) is 79.6 cm³/mol. The summed E-state index contributed by atoms with van der Waals surface area (Å²) in [7, 11) is 1.62. The van der Waals surface area contributed by atoms with Crippen LogP contribution in [0.2, 0.25) is 0 Å². The summed E-state index contributed by atoms with van der Waals surface area (Å²) in [4.78, 5) is 13.5. The van der Waals surface area contributed by atoms with Gasteiger partial charge in [0.1, 0.15) is 11.6 Å². The smallest absolute Gasteiger partial charge is 0.264 e. The molecule has 2 aromatic rings. The fourth-order valence-corrected chi connectivity index (χ4v) is 1.86. The Morgan fingerprint density at radius 1 is 1.19 bits per heavy atom. The van der Waals surface area contributed by atoms with E-state index in [1.54, 1.807) is 25.2 Å². The van der Waals surface area contributed by atoms with Crippen molar-refractivity contribution in [3.8, 4) is 5.75 Å². The van der Waals surface area contributed by atoms with Gasteiger partial charge in [-0.05, 0) is 30.3 Å². The number of halogens is 1. The lowest BCUT2D eigenvalue weighted by Crippen LogP contribution is -2.31. The summed E-state index contributed by atoms with van der Waals surface area (Å²) in [5.74, 6) is 0.0296. The molecule has 5 heteroatoms. The number of rotatable bonds is 5. The van der Waals surface area contributed by atoms with Gasteiger partial charge in [0, 0.05) is 24.8 Å². The van der Waals surface area contributed by atoms with E-state index in [9.17, 15) is 9.18 Å². The third-order valence-corrected chi connectivity index (χ3v) is 3.13. The first-order valence-electron chi connectivity index (χ1n) is 6.54. The maximum absolute atomic E-state index is 12.9. The SMILES string of the molecule is CN(C(=O)COc1ccccc1CN)c1ccc(F)cc1. The highest BCUT2D eigenvalue weighted by Crippen LogP contribution is 2.18. The Balaban J connectivity index is 1.99. The van der Waals surface area contributed by atoms with E-state index >= 15 is 0 Å². The molecule has 0 fully saturated rings. The maximum Gasteiger partial charge on any atom is 0.264 e. The molecular formula is C16H17FN2O2. The third-order valence-electron chi connectivity index (χ3n) is 3.13. The summed E-state index contributed by atoms with van der Waals surface area (Å²) >= 11 is 0. The predicted octanol–water partition coefficient (Wildman–Crippen LogP) is 2.33. The van der Waals surface area contributed by atoms with Crippen LogP contribution in [0.4, 0.5) is 10.1 Å². The van der Waals surface area contributed by atoms with Crippen molar-refractivity contribution in [2.45, 2.75) is 6.54 Å². The number of likely N-dealkylation sites (N-methyl/N-ethyl adjacent to an activating group) is 1. The number of carbonyl (C=O) groups excluding carboxylic acids is 1. The van der Waals surface area contributed by atoms with E-state index in [0.717, 1.165) is 5.56 Å². The van der Waals surface area contributed by atoms with Gasteiger partial charge in [-0.3, -0.25) is 4.79 Å². The molecule has 0 aliphatic carbocycles. The number of hydrogen-bond donors (Lipinski definition) is 1. The lowest BCUT2D eigenvalue weighted by atomic mass is 10.2. The minimum Gasteiger partial charge on any atom is -0.483 e. The van der Waals surface area contributed by atoms with Crippen LogP contribution in [-0.2, 0) is 11.3 Å². The molecule has 0 heterocycles. The van der Waals surface area contributed by atoms with Crippen molar-refractivity contribution in [3.05, 3.63) is 59.9 Å². The highest BCUT2D eigenvalue weighted by atomic mass is 19.1. The van der Waals surface area contributed by atoms with Crippen molar-refractivity contribution in [3.63, 3.8) is 0 Å². The van der Waals surface area contributed by atoms with Crippen LogP contribution in [0, 0.1) is 5.82 Å². The number of nitrogens with zero attached hydrogens (tertiary/aromatic N) is 1. The molecule has 110 valence electrons. The van der Waals surface area contributed by atoms with Crippen LogP contribution in [0.15, 0.2) is 48.5 Å². The lowest BCUT2D eigenvalue weighted by Gasteiger charge is -2.18. The van der Waals surface area contributed by atoms with E-state index in [4.69, 9.17) is 10.5 Å². The third kappa shape index (κ3) is 3.79. The van der Waals surface area contributed by atoms with E-state index in [1.165, 1.54) is 17.0 Å². The van der Waals surface area contributed by atoms with Gasteiger partial charge < -0.3 is 15.4 Å². The highest BCUT2D eigenvalue weighted by Gasteiger charge is 2.12. The fraction of sp³-hybridized carbons (Fsp3) is 0.188. The van der Waals surface area contributed by atoms with Gasteiger partial charge in [0.25, 0.3) is 5.91 Å². The number of nitrogens with two attached hydrogens (primary N) is 1. The van der Waals surface area contributed by atoms with Crippen LogP contribution < -0.4 is 15.4 Å². The van der Waals surface area contributed by atoms with Crippen molar-refractivity contribution in [1.82, 2.24) is 0 Å². The number of carbonyl (C=O) groups is 1. The van der Waals surface area contributed by atoms with E-state index in [-0.39, 0.29) is 18.3 Å². The van der Waals surface area contributed by atoms with Crippen molar-refractivity contribution < 1.29 is 13.9 Å². The van der Waals surface area contributed by atoms with Crippen molar-refractivity contribution in [2.75, 3.05) is 18.6 Å². The Kier molecular flexibility index (Phi) is 4.90. The summed E-state index contributed by atoms with van der Waals surface area (Å²) in [6, 6.07) is 13.0. The second-order valence-electron chi connectivity index (χ2n) is 4.53. The molecule has 0 unspecified atom stereocenters. The van der Waals surface area contributed by atoms with Gasteiger partial charge in [-0.25, -0.2) is 4.39 Å². The van der Waals surface area contributed by atoms with Crippen LogP contribution in [0.3, 0.4) is 0 Å². The average molecular weight is 288 g/mol. The average Bonchev–Trinajstić information content (AvgIpc) is 2.52. The van der Waals surface area contributed by atoms with Crippen LogP contribution in [0.5, 0.6) is 5.75 Å². The van der Waals surface area contributed by atoms with Gasteiger partial charge >= 0.3 is 0 Å². The molecule has 0 saturated heterocycles. The lowest BCUT2D eigenvalue weighted by molar-refractivity contribution is -0.120. The number of anilines is 1. The zero-order valence-corrected chi connectivity index (χ0v) is 11.8. The molecular weight excluding hydrogens is 271 g/mol. The molecule has 21 heavy (non-hydrogen) atoms. The summed E-state index contributed by atoms with van der Waals surface area (Å²) in [6.45, 7) is 0.239. The van der Waals surface area contributed by atoms with Gasteiger partial charge in [0.2, 0.25) is 0 Å². The number of benzene rings is 2. The van der Waals surface area contributed by atoms with Gasteiger partial charge in [-0.15, -0.1) is 0 Å². The van der Waals surface area contributed by atoms with Crippen molar-refractivity contribution >= 4 is 11.6 Å². The molecule has 0 aromatic heterocycles. The van der Waals surface area contributed by atoms with Gasteiger partial charge in [-0.1, -0.05) is 18.2 Å². The zero-order chi connectivity index (χ0) is 15.2. The molecule has 1 amide bonds. The quantitative estimate of drug-likeness (QED) is 0.918. The van der Waals surface area contributed by atoms with Crippen LogP contribution in [-0.4, -0.2) is 19.6 Å². The summed E-state index contributed by atoms with van der Waals surface area (Å²) in [6.07, 6.45) is 0. The van der Waals surface area contributed by atoms with Crippen LogP contribution in [0.25, 0.3) is 0 Å². The minimum absolute atomic E-state index is 0.106. The molecule has 4 nitrogen and oxygen atoms in total. The molecule has 0 atom stereocenters. The Morgan fingerprint density at radius 2 is 1.86 bits per heavy atom. The summed E-state index contributed by atoms with van der Waals surface area (Å²) in [5.41, 5.74) is 7.06. The normalized spacial score (nSPS) is 10.2. The van der Waals surface area contributed by atoms with E-state index < -0.39 is 0 Å². The number of amides is 1. The standard InChI is InChI=1S/C16H17FN2O2/c1-19(14-8-6-13(17)7-9-14)16(20)11-21-15-5-3-2-4-12(15)10-18/h2-9H,10-11,18H2,1H3. The minimum atomic E-state index is -0.340. The monoisotopic (exact) mass is 288 g/mol. The summed E-state index contributed by atoms with van der Waals surface area (Å²) < 4.78 is 18.4. The molecule has 2 aromatic carbocycles. The van der Waals surface area contributed by atoms with Gasteiger partial charge in [0.05, 0.1) is 0 Å². The molecule has 0 aliphatic rings. The molecule has 2 N–H and O–H groups in total. The second-order valence-corrected chi connectivity index (χ2v) is 4.53. The van der Waals surface area contributed by atoms with Crippen LogP contribution in [0.1, 0.15) is 5.56 Å². The van der Waals surface area contributed by atoms with E-state index in [2.05, 4.69) is 0 Å². The summed E-state index contributed by atoms with van der Waals surface area (Å²) in [5, 5.41) is 0. The second kappa shape index (κ2) is 6.85. The molecule has 0 radical (unpaired) electrons. The molecule has 0 spiro atoms. The molecule has 0 saturated carbocycles. The number of hydrogen-bond acceptors (Lipinski definition) is 3. The zero-order valence-electron chi connectivity index (χ0n) is 11.8. The Bertz CT molecular complexity index is 614. The number of ether oxygens (including phenoxy) is 1. The first-order chi connectivity index (χ1) is 10.1. The maximum atomic E-state index is 12.9. The Morgan fingerprint density at radius 3 is 2.52 bits per heavy atom. The topological polar surface area (TPSA) is 55.6 Å². The Labute approximate surface area is 122 Å². The molecule has 2 rings (SSSR count). The highest BCUT2D eigenvalue weighted by molar-refractivity contribution is 5.93. The number of para-hydroxylation sites is 1. The fourth-order valence-electron chi connectivity index (χ4n) is 1.86. The first kappa shape index (κ1) is 15.0. The van der Waals surface area contributed by atoms with Gasteiger partial charge in [0.15, 0.2) is 6.61 Å². The van der Waals surface area contributed by atoms with Gasteiger partial charge in [-0.2, -0.15) is 0 Å². The van der Waals surface area contributed by atoms with Crippen molar-refractivity contribution in [2.24, 2.45) is 5.73 Å². The first-order valence-corrected chi connectivity index (χ1v) is 6.54. The van der Waals surface area contributed by atoms with Crippen molar-refractivity contribution in [1.29, 1.82) is 0 Å².